The number of hydrogen-bond donors (Lipinski definition) is 1. The van der Waals surface area contributed by atoms with E-state index in [0.717, 1.165) is 40.8 Å². The molecule has 1 unspecified atom stereocenters. The topological polar surface area (TPSA) is 44.8 Å². The first-order valence-electron chi connectivity index (χ1n) is 8.17. The Morgan fingerprint density at radius 2 is 1.96 bits per heavy atom. The van der Waals surface area contributed by atoms with Crippen LogP contribution in [-0.2, 0) is 0 Å². The summed E-state index contributed by atoms with van der Waals surface area (Å²) in [5.74, 6) is 1.47. The summed E-state index contributed by atoms with van der Waals surface area (Å²) in [5, 5.41) is 8.12. The zero-order chi connectivity index (χ0) is 16.9. The molecule has 1 atom stereocenters. The molecule has 124 valence electrons. The molecule has 24 heavy (non-hydrogen) atoms. The van der Waals surface area contributed by atoms with Crippen molar-refractivity contribution in [3.8, 4) is 11.3 Å². The Labute approximate surface area is 147 Å². The molecule has 0 spiro atoms. The van der Waals surface area contributed by atoms with E-state index in [1.165, 1.54) is 0 Å². The zero-order valence-corrected chi connectivity index (χ0v) is 14.7. The molecule has 3 aromatic rings. The number of H-pyrrole nitrogens is 1. The molecule has 0 aliphatic carbocycles. The molecular formula is C19H21ClN4. The molecular weight excluding hydrogens is 320 g/mol. The zero-order valence-electron chi connectivity index (χ0n) is 13.9. The van der Waals surface area contributed by atoms with E-state index in [1.807, 2.05) is 54.9 Å². The number of benzene rings is 1. The minimum absolute atomic E-state index is 0.542. The van der Waals surface area contributed by atoms with Crippen molar-refractivity contribution in [1.82, 2.24) is 15.2 Å². The largest absolute Gasteiger partial charge is 0.323 e. The lowest BCUT2D eigenvalue weighted by Crippen LogP contribution is -2.24. The molecule has 0 aliphatic heterocycles. The van der Waals surface area contributed by atoms with Crippen molar-refractivity contribution < 1.29 is 0 Å². The summed E-state index contributed by atoms with van der Waals surface area (Å²) in [7, 11) is 0. The molecule has 0 saturated carbocycles. The molecule has 0 amide bonds. The Hall–Kier alpha value is -2.33. The van der Waals surface area contributed by atoms with E-state index in [1.54, 1.807) is 0 Å². The van der Waals surface area contributed by atoms with Gasteiger partial charge in [-0.3, -0.25) is 5.10 Å². The quantitative estimate of drug-likeness (QED) is 0.661. The number of anilines is 2. The third kappa shape index (κ3) is 3.60. The Morgan fingerprint density at radius 3 is 2.62 bits per heavy atom. The predicted molar refractivity (Wildman–Crippen MR) is 99.7 cm³/mol. The van der Waals surface area contributed by atoms with Crippen molar-refractivity contribution in [3.63, 3.8) is 0 Å². The smallest absolute Gasteiger partial charge is 0.133 e. The monoisotopic (exact) mass is 340 g/mol. The SMILES string of the molecule is CCC(C)CN(c1ccccn1)c1cn[nH]c1-c1ccc(Cl)cc1. The van der Waals surface area contributed by atoms with E-state index >= 15 is 0 Å². The van der Waals surface area contributed by atoms with E-state index in [-0.39, 0.29) is 0 Å². The molecule has 0 bridgehead atoms. The van der Waals surface area contributed by atoms with Crippen molar-refractivity contribution in [2.75, 3.05) is 11.4 Å². The van der Waals surface area contributed by atoms with Gasteiger partial charge < -0.3 is 4.90 Å². The van der Waals surface area contributed by atoms with Crippen molar-refractivity contribution in [2.24, 2.45) is 5.92 Å². The summed E-state index contributed by atoms with van der Waals surface area (Å²) in [6.45, 7) is 5.34. The molecule has 5 heteroatoms. The lowest BCUT2D eigenvalue weighted by atomic mass is 10.1. The molecule has 2 heterocycles. The van der Waals surface area contributed by atoms with Crippen LogP contribution < -0.4 is 4.90 Å². The van der Waals surface area contributed by atoms with Gasteiger partial charge in [0, 0.05) is 23.3 Å². The van der Waals surface area contributed by atoms with Crippen LogP contribution in [0.1, 0.15) is 20.3 Å². The van der Waals surface area contributed by atoms with Crippen LogP contribution in [0, 0.1) is 5.92 Å². The van der Waals surface area contributed by atoms with Crippen LogP contribution in [0.3, 0.4) is 0 Å². The fraction of sp³-hybridized carbons (Fsp3) is 0.263. The first-order valence-corrected chi connectivity index (χ1v) is 8.54. The fourth-order valence-electron chi connectivity index (χ4n) is 2.58. The average Bonchev–Trinajstić information content (AvgIpc) is 3.10. The summed E-state index contributed by atoms with van der Waals surface area (Å²) < 4.78 is 0. The number of nitrogens with one attached hydrogen (secondary N) is 1. The summed E-state index contributed by atoms with van der Waals surface area (Å²) in [5.41, 5.74) is 3.05. The van der Waals surface area contributed by atoms with E-state index < -0.39 is 0 Å². The summed E-state index contributed by atoms with van der Waals surface area (Å²) in [6.07, 6.45) is 4.79. The normalized spacial score (nSPS) is 12.1. The van der Waals surface area contributed by atoms with Crippen LogP contribution in [0.5, 0.6) is 0 Å². The van der Waals surface area contributed by atoms with Crippen LogP contribution in [0.4, 0.5) is 11.5 Å². The summed E-state index contributed by atoms with van der Waals surface area (Å²) in [6, 6.07) is 13.7. The number of halogens is 1. The van der Waals surface area contributed by atoms with Crippen molar-refractivity contribution in [2.45, 2.75) is 20.3 Å². The Bertz CT molecular complexity index is 768. The second-order valence-electron chi connectivity index (χ2n) is 5.95. The van der Waals surface area contributed by atoms with Crippen molar-refractivity contribution >= 4 is 23.1 Å². The van der Waals surface area contributed by atoms with Crippen LogP contribution in [0.2, 0.25) is 5.02 Å². The molecule has 1 aromatic carbocycles. The number of aromatic nitrogens is 3. The van der Waals surface area contributed by atoms with Crippen LogP contribution in [0.15, 0.2) is 54.9 Å². The first-order chi connectivity index (χ1) is 11.7. The second-order valence-corrected chi connectivity index (χ2v) is 6.39. The molecule has 3 rings (SSSR count). The van der Waals surface area contributed by atoms with Gasteiger partial charge in [-0.05, 0) is 30.2 Å². The van der Waals surface area contributed by atoms with Crippen molar-refractivity contribution in [3.05, 3.63) is 59.9 Å². The van der Waals surface area contributed by atoms with Gasteiger partial charge >= 0.3 is 0 Å². The Morgan fingerprint density at radius 1 is 1.17 bits per heavy atom. The maximum absolute atomic E-state index is 6.01. The molecule has 0 fully saturated rings. The van der Waals surface area contributed by atoms with Crippen LogP contribution >= 0.6 is 11.6 Å². The number of hydrogen-bond acceptors (Lipinski definition) is 3. The number of nitrogens with zero attached hydrogens (tertiary/aromatic N) is 3. The van der Waals surface area contributed by atoms with Gasteiger partial charge in [0.1, 0.15) is 5.82 Å². The maximum Gasteiger partial charge on any atom is 0.133 e. The lowest BCUT2D eigenvalue weighted by Gasteiger charge is -2.26. The molecule has 1 N–H and O–H groups in total. The minimum atomic E-state index is 0.542. The second kappa shape index (κ2) is 7.49. The van der Waals surface area contributed by atoms with Gasteiger partial charge in [0.05, 0.1) is 17.6 Å². The van der Waals surface area contributed by atoms with E-state index in [9.17, 15) is 0 Å². The van der Waals surface area contributed by atoms with Crippen molar-refractivity contribution in [1.29, 1.82) is 0 Å². The summed E-state index contributed by atoms with van der Waals surface area (Å²) >= 11 is 6.01. The minimum Gasteiger partial charge on any atom is -0.323 e. The third-order valence-electron chi connectivity index (χ3n) is 4.16. The average molecular weight is 341 g/mol. The van der Waals surface area contributed by atoms with Gasteiger partial charge in [-0.2, -0.15) is 5.10 Å². The van der Waals surface area contributed by atoms with E-state index in [4.69, 9.17) is 11.6 Å². The van der Waals surface area contributed by atoms with Gasteiger partial charge in [-0.25, -0.2) is 4.98 Å². The third-order valence-corrected chi connectivity index (χ3v) is 4.41. The van der Waals surface area contributed by atoms with E-state index in [0.29, 0.717) is 5.92 Å². The summed E-state index contributed by atoms with van der Waals surface area (Å²) in [4.78, 5) is 6.76. The Balaban J connectivity index is 2.02. The first kappa shape index (κ1) is 16.5. The predicted octanol–water partition coefficient (Wildman–Crippen LogP) is 5.31. The standard InChI is InChI=1S/C19H21ClN4/c1-3-14(2)13-24(18-6-4-5-11-21-18)17-12-22-23-19(17)15-7-9-16(20)10-8-15/h4-12,14H,3,13H2,1-2H3,(H,22,23). The number of aromatic amines is 1. The fourth-order valence-corrected chi connectivity index (χ4v) is 2.71. The molecule has 4 nitrogen and oxygen atoms in total. The van der Waals surface area contributed by atoms with Crippen LogP contribution in [-0.4, -0.2) is 21.7 Å². The van der Waals surface area contributed by atoms with Gasteiger partial charge in [-0.15, -0.1) is 0 Å². The molecule has 0 radical (unpaired) electrons. The van der Waals surface area contributed by atoms with Crippen LogP contribution in [0.25, 0.3) is 11.3 Å². The van der Waals surface area contributed by atoms with Gasteiger partial charge in [0.15, 0.2) is 0 Å². The highest BCUT2D eigenvalue weighted by molar-refractivity contribution is 6.30. The Kier molecular flexibility index (Phi) is 5.16. The number of pyridine rings is 1. The van der Waals surface area contributed by atoms with E-state index in [2.05, 4.69) is 33.9 Å². The highest BCUT2D eigenvalue weighted by Crippen LogP contribution is 2.33. The highest BCUT2D eigenvalue weighted by atomic mass is 35.5. The van der Waals surface area contributed by atoms with Gasteiger partial charge in [0.25, 0.3) is 0 Å². The van der Waals surface area contributed by atoms with Gasteiger partial charge in [0.2, 0.25) is 0 Å². The number of rotatable bonds is 6. The molecule has 0 saturated heterocycles. The van der Waals surface area contributed by atoms with Gasteiger partial charge in [-0.1, -0.05) is 50.1 Å². The lowest BCUT2D eigenvalue weighted by molar-refractivity contribution is 0.567. The highest BCUT2D eigenvalue weighted by Gasteiger charge is 2.19. The molecule has 0 aliphatic rings. The molecule has 2 aromatic heterocycles. The maximum atomic E-state index is 6.01.